The molecule has 1 aliphatic rings. The maximum atomic E-state index is 12.8. The van der Waals surface area contributed by atoms with Gasteiger partial charge in [0.2, 0.25) is 0 Å². The number of hydrogen-bond donors (Lipinski definition) is 4. The number of esters is 2. The van der Waals surface area contributed by atoms with Crippen molar-refractivity contribution in [2.45, 2.75) is 237 Å². The molecule has 6 atom stereocenters. The summed E-state index contributed by atoms with van der Waals surface area (Å²) in [5.74, 6) is -2.52. The Morgan fingerprint density at radius 3 is 1.40 bits per heavy atom. The summed E-state index contributed by atoms with van der Waals surface area (Å²) in [5.41, 5.74) is 0. The number of carboxylic acids is 1. The van der Waals surface area contributed by atoms with Crippen LogP contribution in [0.25, 0.3) is 0 Å². The lowest BCUT2D eigenvalue weighted by atomic mass is 9.99. The normalized spacial score (nSPS) is 19.9. The summed E-state index contributed by atoms with van der Waals surface area (Å²) < 4.78 is 21.7. The second kappa shape index (κ2) is 41.6. The van der Waals surface area contributed by atoms with Crippen molar-refractivity contribution in [3.63, 3.8) is 0 Å². The molecule has 0 saturated carbocycles. The van der Waals surface area contributed by atoms with Crippen molar-refractivity contribution in [2.75, 3.05) is 13.2 Å². The first-order chi connectivity index (χ1) is 30.7. The predicted octanol–water partition coefficient (Wildman–Crippen LogP) is 11.5. The quantitative estimate of drug-likeness (QED) is 0.0262. The van der Waals surface area contributed by atoms with Gasteiger partial charge in [0.25, 0.3) is 0 Å². The van der Waals surface area contributed by atoms with Gasteiger partial charge in [0.1, 0.15) is 24.9 Å². The highest BCUT2D eigenvalue weighted by Gasteiger charge is 2.47. The highest BCUT2D eigenvalue weighted by molar-refractivity contribution is 5.73. The molecule has 6 unspecified atom stereocenters. The van der Waals surface area contributed by atoms with E-state index in [1.807, 2.05) is 6.08 Å². The Bertz CT molecular complexity index is 1270. The minimum absolute atomic E-state index is 0.157. The molecule has 1 fully saturated rings. The molecule has 0 aromatic rings. The van der Waals surface area contributed by atoms with Gasteiger partial charge in [0.05, 0.1) is 6.61 Å². The van der Waals surface area contributed by atoms with Gasteiger partial charge in [-0.05, 0) is 51.4 Å². The fourth-order valence-electron chi connectivity index (χ4n) is 7.27. The van der Waals surface area contributed by atoms with Crippen LogP contribution >= 0.6 is 0 Å². The van der Waals surface area contributed by atoms with Crippen molar-refractivity contribution in [3.05, 3.63) is 60.8 Å². The minimum atomic E-state index is -1.87. The first kappa shape index (κ1) is 57.9. The fourth-order valence-corrected chi connectivity index (χ4v) is 7.27. The standard InChI is InChI=1S/C52H88O11/c1-3-5-7-9-11-13-15-17-19-21-22-23-25-27-29-31-33-35-37-39-41-46(54)62-44(43-61-52-49(57)47(55)48(56)50(63-52)51(58)59)42-60-45(53)40-38-36-34-32-30-28-26-24-20-18-16-14-12-10-8-6-4-2/h6,8,12,14,18,20,26,28,32,34,44,47-50,52,55-57H,3-5,7,9-11,13,15-17,19,21-25,27,29-31,33,35-43H2,1-2H3,(H,58,59)/b8-6-,14-12-,20-18-,28-26-,34-32-. The van der Waals surface area contributed by atoms with Gasteiger partial charge in [-0.3, -0.25) is 9.59 Å². The van der Waals surface area contributed by atoms with Crippen LogP contribution in [0.4, 0.5) is 0 Å². The molecule has 1 rings (SSSR count). The van der Waals surface area contributed by atoms with Gasteiger partial charge in [0, 0.05) is 12.8 Å². The number of aliphatic hydroxyl groups is 3. The van der Waals surface area contributed by atoms with Crippen molar-refractivity contribution >= 4 is 17.9 Å². The fraction of sp³-hybridized carbons (Fsp3) is 0.750. The third-order valence-electron chi connectivity index (χ3n) is 11.1. The van der Waals surface area contributed by atoms with Crippen LogP contribution in [0.3, 0.4) is 0 Å². The van der Waals surface area contributed by atoms with Crippen LogP contribution in [0.1, 0.15) is 200 Å². The molecule has 0 radical (unpaired) electrons. The minimum Gasteiger partial charge on any atom is -0.479 e. The molecule has 0 amide bonds. The van der Waals surface area contributed by atoms with E-state index in [1.54, 1.807) is 0 Å². The third kappa shape index (κ3) is 33.1. The van der Waals surface area contributed by atoms with E-state index in [0.29, 0.717) is 19.3 Å². The lowest BCUT2D eigenvalue weighted by molar-refractivity contribution is -0.298. The lowest BCUT2D eigenvalue weighted by Crippen LogP contribution is -2.60. The Morgan fingerprint density at radius 2 is 0.937 bits per heavy atom. The van der Waals surface area contributed by atoms with Gasteiger partial charge in [-0.2, -0.15) is 0 Å². The van der Waals surface area contributed by atoms with Crippen LogP contribution in [0.5, 0.6) is 0 Å². The number of carbonyl (C=O) groups is 3. The zero-order valence-corrected chi connectivity index (χ0v) is 39.3. The summed E-state index contributed by atoms with van der Waals surface area (Å²) in [7, 11) is 0. The smallest absolute Gasteiger partial charge is 0.335 e. The van der Waals surface area contributed by atoms with E-state index in [1.165, 1.54) is 103 Å². The molecule has 11 heteroatoms. The van der Waals surface area contributed by atoms with Crippen LogP contribution < -0.4 is 0 Å². The van der Waals surface area contributed by atoms with E-state index in [9.17, 15) is 34.8 Å². The Labute approximate surface area is 381 Å². The second-order valence-corrected chi connectivity index (χ2v) is 16.9. The number of allylic oxidation sites excluding steroid dienone is 10. The van der Waals surface area contributed by atoms with Crippen LogP contribution in [0, 0.1) is 0 Å². The van der Waals surface area contributed by atoms with Gasteiger partial charge in [0.15, 0.2) is 18.5 Å². The van der Waals surface area contributed by atoms with Gasteiger partial charge in [-0.25, -0.2) is 4.79 Å². The summed E-state index contributed by atoms with van der Waals surface area (Å²) in [6.07, 6.45) is 42.8. The number of rotatable bonds is 41. The molecule has 1 saturated heterocycles. The van der Waals surface area contributed by atoms with Crippen molar-refractivity contribution in [1.29, 1.82) is 0 Å². The maximum Gasteiger partial charge on any atom is 0.335 e. The molecule has 11 nitrogen and oxygen atoms in total. The van der Waals surface area contributed by atoms with E-state index in [0.717, 1.165) is 51.4 Å². The number of aliphatic carboxylic acids is 1. The van der Waals surface area contributed by atoms with E-state index in [2.05, 4.69) is 68.5 Å². The summed E-state index contributed by atoms with van der Waals surface area (Å²) in [6.45, 7) is 3.67. The lowest BCUT2D eigenvalue weighted by Gasteiger charge is -2.38. The maximum absolute atomic E-state index is 12.8. The Kier molecular flexibility index (Phi) is 38.3. The molecule has 362 valence electrons. The van der Waals surface area contributed by atoms with Gasteiger partial charge >= 0.3 is 17.9 Å². The van der Waals surface area contributed by atoms with Crippen molar-refractivity contribution < 1.29 is 53.8 Å². The molecule has 1 heterocycles. The van der Waals surface area contributed by atoms with Crippen LogP contribution in [-0.2, 0) is 33.3 Å². The summed E-state index contributed by atoms with van der Waals surface area (Å²) in [4.78, 5) is 36.9. The van der Waals surface area contributed by atoms with E-state index in [4.69, 9.17) is 18.9 Å². The highest BCUT2D eigenvalue weighted by atomic mass is 16.7. The molecule has 4 N–H and O–H groups in total. The summed E-state index contributed by atoms with van der Waals surface area (Å²) in [5, 5.41) is 39.9. The summed E-state index contributed by atoms with van der Waals surface area (Å²) >= 11 is 0. The average molecular weight is 889 g/mol. The third-order valence-corrected chi connectivity index (χ3v) is 11.1. The van der Waals surface area contributed by atoms with Gasteiger partial charge in [-0.15, -0.1) is 0 Å². The SMILES string of the molecule is CC/C=C\C/C=C\C/C=C\C/C=C\C/C=C\CCCC(=O)OCC(COC1OC(C(=O)O)C(O)C(O)C1O)OC(=O)CCCCCCCCCCCCCCCCCCCCCC. The number of unbranched alkanes of at least 4 members (excludes halogenated alkanes) is 20. The molecule has 0 aliphatic carbocycles. The molecular formula is C52H88O11. The van der Waals surface area contributed by atoms with E-state index >= 15 is 0 Å². The van der Waals surface area contributed by atoms with Gasteiger partial charge < -0.3 is 39.4 Å². The molecule has 0 bridgehead atoms. The second-order valence-electron chi connectivity index (χ2n) is 16.9. The Balaban J connectivity index is 2.35. The number of carbonyl (C=O) groups excluding carboxylic acids is 2. The predicted molar refractivity (Wildman–Crippen MR) is 252 cm³/mol. The largest absolute Gasteiger partial charge is 0.479 e. The zero-order chi connectivity index (χ0) is 46.0. The van der Waals surface area contributed by atoms with Gasteiger partial charge in [-0.1, -0.05) is 197 Å². The molecule has 63 heavy (non-hydrogen) atoms. The van der Waals surface area contributed by atoms with Crippen LogP contribution in [-0.4, -0.2) is 88.4 Å². The molecule has 1 aliphatic heterocycles. The molecule has 0 spiro atoms. The van der Waals surface area contributed by atoms with Crippen molar-refractivity contribution in [1.82, 2.24) is 0 Å². The first-order valence-electron chi connectivity index (χ1n) is 24.8. The zero-order valence-electron chi connectivity index (χ0n) is 39.3. The number of carboxylic acid groups (broad SMARTS) is 1. The molecule has 0 aromatic carbocycles. The Morgan fingerprint density at radius 1 is 0.508 bits per heavy atom. The van der Waals surface area contributed by atoms with Crippen molar-refractivity contribution in [2.24, 2.45) is 0 Å². The van der Waals surface area contributed by atoms with Crippen molar-refractivity contribution in [3.8, 4) is 0 Å². The number of aliphatic hydroxyl groups excluding tert-OH is 3. The number of hydrogen-bond acceptors (Lipinski definition) is 10. The average Bonchev–Trinajstić information content (AvgIpc) is 3.27. The van der Waals surface area contributed by atoms with Crippen LogP contribution in [0.2, 0.25) is 0 Å². The first-order valence-corrected chi connectivity index (χ1v) is 24.8. The highest BCUT2D eigenvalue weighted by Crippen LogP contribution is 2.23. The van der Waals surface area contributed by atoms with Crippen LogP contribution in [0.15, 0.2) is 60.8 Å². The molecular weight excluding hydrogens is 801 g/mol. The molecule has 0 aromatic heterocycles. The van der Waals surface area contributed by atoms with E-state index < -0.39 is 61.3 Å². The number of ether oxygens (including phenoxy) is 4. The van der Waals surface area contributed by atoms with E-state index in [-0.39, 0.29) is 19.4 Å². The summed E-state index contributed by atoms with van der Waals surface area (Å²) in [6, 6.07) is 0. The topological polar surface area (TPSA) is 169 Å². The monoisotopic (exact) mass is 889 g/mol. The Hall–Kier alpha value is -3.09.